The number of carbonyl (C=O) groups is 2. The topological polar surface area (TPSA) is 72.8 Å². The summed E-state index contributed by atoms with van der Waals surface area (Å²) in [5.74, 6) is -0.775. The molecule has 1 atom stereocenters. The minimum absolute atomic E-state index is 0. The van der Waals surface area contributed by atoms with Gasteiger partial charge in [0.2, 0.25) is 0 Å². The van der Waals surface area contributed by atoms with Crippen LogP contribution in [-0.4, -0.2) is 61.0 Å². The van der Waals surface area contributed by atoms with Crippen LogP contribution in [0.3, 0.4) is 0 Å². The summed E-state index contributed by atoms with van der Waals surface area (Å²) >= 11 is 0. The maximum absolute atomic E-state index is 12.7. The van der Waals surface area contributed by atoms with Crippen molar-refractivity contribution in [3.05, 3.63) is 12.2 Å². The summed E-state index contributed by atoms with van der Waals surface area (Å²) in [5.41, 5.74) is 0.283. The second-order valence-electron chi connectivity index (χ2n) is 12.0. The first-order valence-electron chi connectivity index (χ1n) is 16.8. The van der Waals surface area contributed by atoms with Crippen LogP contribution in [0.5, 0.6) is 0 Å². The lowest BCUT2D eigenvalue weighted by Gasteiger charge is -2.28. The first-order valence-corrected chi connectivity index (χ1v) is 19.3. The van der Waals surface area contributed by atoms with Gasteiger partial charge in [0.05, 0.1) is 31.1 Å². The Hall–Kier alpha value is -0.640. The molecule has 0 bridgehead atoms. The average Bonchev–Trinajstić information content (AvgIpc) is 2.94. The van der Waals surface area contributed by atoms with E-state index in [2.05, 4.69) is 27.4 Å². The summed E-state index contributed by atoms with van der Waals surface area (Å²) in [4.78, 5) is 24.3. The third kappa shape index (κ3) is 25.6. The Balaban J connectivity index is 0. The van der Waals surface area contributed by atoms with Crippen molar-refractivity contribution in [1.29, 1.82) is 0 Å². The zero-order chi connectivity index (χ0) is 29.9. The lowest BCUT2D eigenvalue weighted by atomic mass is 10.1. The first-order chi connectivity index (χ1) is 19.3. The highest BCUT2D eigenvalue weighted by molar-refractivity contribution is 7.75. The molecule has 0 aromatic carbocycles. The molecule has 0 saturated heterocycles. The lowest BCUT2D eigenvalue weighted by molar-refractivity contribution is -0.150. The third-order valence-electron chi connectivity index (χ3n) is 7.94. The largest absolute Gasteiger partial charge is 1.00 e. The fourth-order valence-corrected chi connectivity index (χ4v) is 9.97. The van der Waals surface area contributed by atoms with Crippen LogP contribution < -0.4 is 12.4 Å². The molecule has 0 spiro atoms. The molecule has 7 heteroatoms. The number of aliphatic hydroxyl groups excluding tert-OH is 1. The monoisotopic (exact) mass is 620 g/mol. The second kappa shape index (κ2) is 29.4. The van der Waals surface area contributed by atoms with E-state index in [0.29, 0.717) is 6.42 Å². The maximum Gasteiger partial charge on any atom is 0.333 e. The van der Waals surface area contributed by atoms with Gasteiger partial charge in [0, 0.05) is 12.8 Å². The number of hydrogen-bond acceptors (Lipinski definition) is 5. The number of aliphatic hydroxyl groups is 1. The number of hydrogen-bond donors (Lipinski definition) is 1. The molecule has 0 amide bonds. The van der Waals surface area contributed by atoms with Crippen LogP contribution in [0.1, 0.15) is 150 Å². The normalized spacial score (nSPS) is 12.0. The van der Waals surface area contributed by atoms with Crippen molar-refractivity contribution in [3.8, 4) is 0 Å². The van der Waals surface area contributed by atoms with Crippen molar-refractivity contribution < 1.29 is 36.6 Å². The SMILES string of the molecule is C=C(C)C(=O)OCC(O)COC(=O)CC[P+](CCCCCCCC)(CCCCCCCC)CCCCCCCC.[Cl-]. The second-order valence-corrected chi connectivity index (χ2v) is 16.5. The number of halogens is 1. The summed E-state index contributed by atoms with van der Waals surface area (Å²) in [7, 11) is -1.24. The first kappa shape index (κ1) is 42.5. The average molecular weight is 621 g/mol. The van der Waals surface area contributed by atoms with Crippen LogP contribution in [0.25, 0.3) is 0 Å². The van der Waals surface area contributed by atoms with Gasteiger partial charge in [-0.2, -0.15) is 0 Å². The molecule has 41 heavy (non-hydrogen) atoms. The van der Waals surface area contributed by atoms with Crippen molar-refractivity contribution >= 4 is 19.2 Å². The molecular formula is C34H66ClO5P. The predicted molar refractivity (Wildman–Crippen MR) is 174 cm³/mol. The van der Waals surface area contributed by atoms with E-state index in [1.165, 1.54) is 134 Å². The fourth-order valence-electron chi connectivity index (χ4n) is 5.29. The van der Waals surface area contributed by atoms with Crippen LogP contribution in [0.4, 0.5) is 0 Å². The molecule has 1 unspecified atom stereocenters. The summed E-state index contributed by atoms with van der Waals surface area (Å²) in [6.45, 7) is 11.6. The number of unbranched alkanes of at least 4 members (excludes halogenated alkanes) is 15. The number of carbonyl (C=O) groups excluding carboxylic acids is 2. The predicted octanol–water partition coefficient (Wildman–Crippen LogP) is 6.50. The van der Waals surface area contributed by atoms with Crippen molar-refractivity contribution in [2.45, 2.75) is 156 Å². The van der Waals surface area contributed by atoms with E-state index in [1.807, 2.05) is 0 Å². The van der Waals surface area contributed by atoms with E-state index in [4.69, 9.17) is 9.47 Å². The molecule has 0 aromatic heterocycles. The molecule has 0 saturated carbocycles. The Kier molecular flexibility index (Phi) is 30.5. The van der Waals surface area contributed by atoms with E-state index in [0.717, 1.165) is 6.16 Å². The molecule has 0 aliphatic heterocycles. The van der Waals surface area contributed by atoms with E-state index < -0.39 is 19.3 Å². The van der Waals surface area contributed by atoms with Crippen LogP contribution in [0, 0.1) is 0 Å². The van der Waals surface area contributed by atoms with Crippen molar-refractivity contribution in [2.75, 3.05) is 37.9 Å². The Labute approximate surface area is 261 Å². The maximum atomic E-state index is 12.7. The highest BCUT2D eigenvalue weighted by Gasteiger charge is 2.36. The van der Waals surface area contributed by atoms with Crippen LogP contribution in [-0.2, 0) is 19.1 Å². The standard InChI is InChI=1S/C34H66O5P.ClH/c1-6-9-12-15-18-21-25-40(26-22-19-16-13-10-7-2,27-23-20-17-14-11-8-3)28-24-33(36)38-29-32(35)30-39-34(37)31(4)5;/h32,35H,4,6-30H2,1-3,5H3;1H/q+1;/p-1. The lowest BCUT2D eigenvalue weighted by Crippen LogP contribution is -3.00. The van der Waals surface area contributed by atoms with Gasteiger partial charge in [-0.1, -0.05) is 104 Å². The quantitative estimate of drug-likeness (QED) is 0.0447. The van der Waals surface area contributed by atoms with Gasteiger partial charge in [0.15, 0.2) is 0 Å². The zero-order valence-corrected chi connectivity index (χ0v) is 29.0. The van der Waals surface area contributed by atoms with Gasteiger partial charge in [-0.15, -0.1) is 0 Å². The van der Waals surface area contributed by atoms with E-state index in [1.54, 1.807) is 6.92 Å². The number of ether oxygens (including phenoxy) is 2. The Bertz CT molecular complexity index is 602. The van der Waals surface area contributed by atoms with Gasteiger partial charge in [0.1, 0.15) is 19.3 Å². The van der Waals surface area contributed by atoms with Gasteiger partial charge in [-0.05, 0) is 45.4 Å². The van der Waals surface area contributed by atoms with Gasteiger partial charge in [-0.25, -0.2) is 4.79 Å². The molecule has 0 fully saturated rings. The summed E-state index contributed by atoms with van der Waals surface area (Å²) < 4.78 is 10.4. The molecule has 5 nitrogen and oxygen atoms in total. The molecule has 0 aliphatic carbocycles. The molecule has 0 aliphatic rings. The summed E-state index contributed by atoms with van der Waals surface area (Å²) in [6, 6.07) is 0. The van der Waals surface area contributed by atoms with E-state index in [-0.39, 0.29) is 37.2 Å². The minimum Gasteiger partial charge on any atom is -1.00 e. The molecule has 0 rings (SSSR count). The van der Waals surface area contributed by atoms with Crippen LogP contribution in [0.15, 0.2) is 12.2 Å². The third-order valence-corrected chi connectivity index (χ3v) is 12.9. The zero-order valence-electron chi connectivity index (χ0n) is 27.4. The highest BCUT2D eigenvalue weighted by atomic mass is 35.5. The van der Waals surface area contributed by atoms with E-state index in [9.17, 15) is 14.7 Å². The van der Waals surface area contributed by atoms with Crippen LogP contribution >= 0.6 is 7.26 Å². The number of rotatable bonds is 29. The Morgan fingerprint density at radius 3 is 1.39 bits per heavy atom. The van der Waals surface area contributed by atoms with Crippen LogP contribution in [0.2, 0.25) is 0 Å². The van der Waals surface area contributed by atoms with Gasteiger partial charge in [-0.3, -0.25) is 4.79 Å². The minimum atomic E-state index is -1.24. The fraction of sp³-hybridized carbons (Fsp3) is 0.882. The summed E-state index contributed by atoms with van der Waals surface area (Å²) in [5, 5.41) is 10.1. The molecule has 0 radical (unpaired) electrons. The van der Waals surface area contributed by atoms with Crippen molar-refractivity contribution in [2.24, 2.45) is 0 Å². The van der Waals surface area contributed by atoms with E-state index >= 15 is 0 Å². The highest BCUT2D eigenvalue weighted by Crippen LogP contribution is 2.61. The van der Waals surface area contributed by atoms with Crippen molar-refractivity contribution in [1.82, 2.24) is 0 Å². The van der Waals surface area contributed by atoms with Gasteiger partial charge >= 0.3 is 11.9 Å². The van der Waals surface area contributed by atoms with Gasteiger partial charge in [0.25, 0.3) is 0 Å². The summed E-state index contributed by atoms with van der Waals surface area (Å²) in [6.07, 6.45) is 28.0. The molecule has 0 aromatic rings. The van der Waals surface area contributed by atoms with Gasteiger partial charge < -0.3 is 27.0 Å². The Morgan fingerprint density at radius 2 is 1.00 bits per heavy atom. The Morgan fingerprint density at radius 1 is 0.634 bits per heavy atom. The smallest absolute Gasteiger partial charge is 0.333 e. The molecule has 244 valence electrons. The van der Waals surface area contributed by atoms with Crippen molar-refractivity contribution in [3.63, 3.8) is 0 Å². The number of esters is 2. The molecule has 0 heterocycles. The molecular weight excluding hydrogens is 555 g/mol. The molecule has 1 N–H and O–H groups in total.